The molecule has 0 N–H and O–H groups in total. The van der Waals surface area contributed by atoms with Gasteiger partial charge in [-0.15, -0.1) is 0 Å². The molecule has 0 amide bonds. The predicted octanol–water partition coefficient (Wildman–Crippen LogP) is 5.68. The predicted molar refractivity (Wildman–Crippen MR) is 101 cm³/mol. The van der Waals surface area contributed by atoms with Gasteiger partial charge in [0.15, 0.2) is 22.3 Å². The van der Waals surface area contributed by atoms with Crippen molar-refractivity contribution in [1.82, 2.24) is 5.16 Å². The molecule has 3 aromatic rings. The summed E-state index contributed by atoms with van der Waals surface area (Å²) in [4.78, 5) is -0.784. The summed E-state index contributed by atoms with van der Waals surface area (Å²) in [7, 11) is -3.97. The van der Waals surface area contributed by atoms with Crippen LogP contribution in [0, 0.1) is 11.6 Å². The maximum atomic E-state index is 14.7. The standard InChI is InChI=1S/C17H10Br2F3NO3S/c1-27(24,25)15-6-12(21)11(5-13(15)22)16-14(7-20)26-23-17(16)8-2-9(18)4-10(19)3-8/h2-6H,7H2,1H3. The molecule has 0 aliphatic carbocycles. The molecular formula is C17H10Br2F3NO3S. The SMILES string of the molecule is CS(=O)(=O)c1cc(F)c(-c2c(-c3cc(Br)cc(Br)c3)noc2CF)cc1F. The second kappa shape index (κ2) is 7.40. The molecule has 1 heterocycles. The number of hydrogen-bond acceptors (Lipinski definition) is 4. The Labute approximate surface area is 169 Å². The summed E-state index contributed by atoms with van der Waals surface area (Å²) in [6, 6.07) is 6.31. The third-order valence-corrected chi connectivity index (χ3v) is 5.74. The molecule has 2 aromatic carbocycles. The van der Waals surface area contributed by atoms with Gasteiger partial charge in [0.05, 0.1) is 5.56 Å². The van der Waals surface area contributed by atoms with E-state index in [2.05, 4.69) is 37.0 Å². The molecule has 0 bridgehead atoms. The van der Waals surface area contributed by atoms with Gasteiger partial charge in [0, 0.05) is 26.3 Å². The maximum Gasteiger partial charge on any atom is 0.178 e. The van der Waals surface area contributed by atoms with Crippen molar-refractivity contribution in [3.63, 3.8) is 0 Å². The second-order valence-corrected chi connectivity index (χ2v) is 9.47. The van der Waals surface area contributed by atoms with Crippen molar-refractivity contribution < 1.29 is 26.1 Å². The minimum Gasteiger partial charge on any atom is -0.357 e. The molecule has 0 spiro atoms. The molecule has 0 saturated heterocycles. The quantitative estimate of drug-likeness (QED) is 0.440. The molecule has 142 valence electrons. The monoisotopic (exact) mass is 523 g/mol. The van der Waals surface area contributed by atoms with Gasteiger partial charge in [0.25, 0.3) is 0 Å². The van der Waals surface area contributed by atoms with E-state index in [-0.39, 0.29) is 22.6 Å². The van der Waals surface area contributed by atoms with E-state index >= 15 is 0 Å². The number of sulfone groups is 1. The van der Waals surface area contributed by atoms with E-state index < -0.39 is 33.0 Å². The van der Waals surface area contributed by atoms with Crippen molar-refractivity contribution in [2.24, 2.45) is 0 Å². The van der Waals surface area contributed by atoms with Crippen molar-refractivity contribution in [3.05, 3.63) is 56.7 Å². The molecule has 10 heteroatoms. The summed E-state index contributed by atoms with van der Waals surface area (Å²) >= 11 is 6.62. The lowest BCUT2D eigenvalue weighted by atomic mass is 9.99. The number of halogens is 5. The van der Waals surface area contributed by atoms with Gasteiger partial charge in [-0.25, -0.2) is 21.6 Å². The Morgan fingerprint density at radius 1 is 1.04 bits per heavy atom. The first-order valence-electron chi connectivity index (χ1n) is 7.32. The molecular weight excluding hydrogens is 515 g/mol. The summed E-state index contributed by atoms with van der Waals surface area (Å²) < 4.78 is 71.8. The topological polar surface area (TPSA) is 60.2 Å². The van der Waals surface area contributed by atoms with Crippen LogP contribution in [-0.4, -0.2) is 19.8 Å². The molecule has 3 rings (SSSR count). The summed E-state index contributed by atoms with van der Waals surface area (Å²) in [5.74, 6) is -2.49. The first-order chi connectivity index (χ1) is 12.6. The Morgan fingerprint density at radius 3 is 2.22 bits per heavy atom. The normalized spacial score (nSPS) is 11.8. The Morgan fingerprint density at radius 2 is 1.67 bits per heavy atom. The van der Waals surface area contributed by atoms with Crippen LogP contribution < -0.4 is 0 Å². The van der Waals surface area contributed by atoms with Gasteiger partial charge < -0.3 is 4.52 Å². The van der Waals surface area contributed by atoms with Gasteiger partial charge in [-0.2, -0.15) is 0 Å². The molecule has 0 aliphatic heterocycles. The number of benzene rings is 2. The third-order valence-electron chi connectivity index (χ3n) is 3.71. The molecule has 0 unspecified atom stereocenters. The Kier molecular flexibility index (Phi) is 5.51. The summed E-state index contributed by atoms with van der Waals surface area (Å²) in [5, 5.41) is 3.79. The van der Waals surface area contributed by atoms with Crippen molar-refractivity contribution in [3.8, 4) is 22.4 Å². The van der Waals surface area contributed by atoms with E-state index in [1.54, 1.807) is 18.2 Å². The minimum atomic E-state index is -3.97. The van der Waals surface area contributed by atoms with Crippen LogP contribution in [0.1, 0.15) is 5.76 Å². The number of aromatic nitrogens is 1. The molecule has 0 atom stereocenters. The van der Waals surface area contributed by atoms with E-state index in [9.17, 15) is 21.6 Å². The van der Waals surface area contributed by atoms with Crippen molar-refractivity contribution >= 4 is 41.7 Å². The molecule has 27 heavy (non-hydrogen) atoms. The molecule has 4 nitrogen and oxygen atoms in total. The Hall–Kier alpha value is -1.65. The number of nitrogens with zero attached hydrogens (tertiary/aromatic N) is 1. The van der Waals surface area contributed by atoms with Gasteiger partial charge in [-0.05, 0) is 30.3 Å². The fraction of sp³-hybridized carbons (Fsp3) is 0.118. The van der Waals surface area contributed by atoms with Gasteiger partial charge in [-0.1, -0.05) is 37.0 Å². The van der Waals surface area contributed by atoms with Crippen LogP contribution in [0.15, 0.2) is 48.7 Å². The van der Waals surface area contributed by atoms with Gasteiger partial charge in [-0.3, -0.25) is 0 Å². The zero-order valence-electron chi connectivity index (χ0n) is 13.6. The Balaban J connectivity index is 2.29. The van der Waals surface area contributed by atoms with E-state index in [4.69, 9.17) is 4.52 Å². The molecule has 0 aliphatic rings. The summed E-state index contributed by atoms with van der Waals surface area (Å²) in [6.07, 6.45) is 0.765. The van der Waals surface area contributed by atoms with E-state index in [1.165, 1.54) is 0 Å². The molecule has 1 aromatic heterocycles. The van der Waals surface area contributed by atoms with Gasteiger partial charge >= 0.3 is 0 Å². The van der Waals surface area contributed by atoms with Gasteiger partial charge in [0.2, 0.25) is 0 Å². The first kappa shape index (κ1) is 20.1. The highest BCUT2D eigenvalue weighted by Gasteiger charge is 2.25. The Bertz CT molecular complexity index is 1130. The largest absolute Gasteiger partial charge is 0.357 e. The molecule has 0 fully saturated rings. The van der Waals surface area contributed by atoms with Crippen molar-refractivity contribution in [2.75, 3.05) is 6.26 Å². The van der Waals surface area contributed by atoms with Crippen LogP contribution >= 0.6 is 31.9 Å². The van der Waals surface area contributed by atoms with E-state index in [0.29, 0.717) is 26.6 Å². The lowest BCUT2D eigenvalue weighted by Crippen LogP contribution is -2.03. The number of alkyl halides is 1. The maximum absolute atomic E-state index is 14.7. The van der Waals surface area contributed by atoms with Crippen molar-refractivity contribution in [2.45, 2.75) is 11.6 Å². The van der Waals surface area contributed by atoms with E-state index in [0.717, 1.165) is 6.26 Å². The second-order valence-electron chi connectivity index (χ2n) is 5.66. The summed E-state index contributed by atoms with van der Waals surface area (Å²) in [6.45, 7) is -1.10. The lowest BCUT2D eigenvalue weighted by Gasteiger charge is -2.09. The highest BCUT2D eigenvalue weighted by molar-refractivity contribution is 9.11. The van der Waals surface area contributed by atoms with Gasteiger partial charge in [0.1, 0.15) is 22.2 Å². The number of rotatable bonds is 4. The highest BCUT2D eigenvalue weighted by Crippen LogP contribution is 2.39. The summed E-state index contributed by atoms with van der Waals surface area (Å²) in [5.41, 5.74) is 0.121. The first-order valence-corrected chi connectivity index (χ1v) is 10.8. The highest BCUT2D eigenvalue weighted by atomic mass is 79.9. The van der Waals surface area contributed by atoms with Crippen LogP contribution in [0.5, 0.6) is 0 Å². The zero-order chi connectivity index (χ0) is 19.9. The molecule has 0 saturated carbocycles. The van der Waals surface area contributed by atoms with Crippen LogP contribution in [0.25, 0.3) is 22.4 Å². The average molecular weight is 525 g/mol. The van der Waals surface area contributed by atoms with Crippen LogP contribution in [0.3, 0.4) is 0 Å². The molecule has 0 radical (unpaired) electrons. The fourth-order valence-corrected chi connectivity index (χ4v) is 4.61. The van der Waals surface area contributed by atoms with E-state index in [1.807, 2.05) is 0 Å². The number of hydrogen-bond donors (Lipinski definition) is 0. The van der Waals surface area contributed by atoms with Crippen LogP contribution in [0.2, 0.25) is 0 Å². The lowest BCUT2D eigenvalue weighted by molar-refractivity contribution is 0.332. The zero-order valence-corrected chi connectivity index (χ0v) is 17.6. The van der Waals surface area contributed by atoms with Crippen LogP contribution in [-0.2, 0) is 16.5 Å². The van der Waals surface area contributed by atoms with Crippen LogP contribution in [0.4, 0.5) is 13.2 Å². The minimum absolute atomic E-state index is 0.0843. The average Bonchev–Trinajstić information content (AvgIpc) is 2.98. The van der Waals surface area contributed by atoms with Crippen molar-refractivity contribution in [1.29, 1.82) is 0 Å². The fourth-order valence-electron chi connectivity index (χ4n) is 2.58. The third kappa shape index (κ3) is 3.97. The smallest absolute Gasteiger partial charge is 0.178 e.